The zero-order valence-corrected chi connectivity index (χ0v) is 8.54. The first kappa shape index (κ1) is 9.46. The molecule has 3 nitrogen and oxygen atoms in total. The average Bonchev–Trinajstić information content (AvgIpc) is 3.00. The molecule has 1 heterocycles. The maximum atomic E-state index is 11.2. The van der Waals surface area contributed by atoms with Crippen LogP contribution in [-0.4, -0.2) is 18.1 Å². The molecule has 0 radical (unpaired) electrons. The van der Waals surface area contributed by atoms with E-state index >= 15 is 0 Å². The van der Waals surface area contributed by atoms with Gasteiger partial charge in [-0.3, -0.25) is 4.98 Å². The van der Waals surface area contributed by atoms with E-state index in [1.54, 1.807) is 6.07 Å². The average molecular weight is 212 g/mol. The van der Waals surface area contributed by atoms with E-state index < -0.39 is 5.97 Å². The van der Waals surface area contributed by atoms with E-state index in [1.165, 1.54) is 26.1 Å². The summed E-state index contributed by atoms with van der Waals surface area (Å²) in [7, 11) is 1.33. The number of nitrogens with zero attached hydrogens (tertiary/aromatic N) is 1. The second-order valence-electron chi connectivity index (χ2n) is 3.35. The lowest BCUT2D eigenvalue weighted by atomic mass is 10.2. The van der Waals surface area contributed by atoms with Crippen molar-refractivity contribution in [2.24, 2.45) is 0 Å². The fourth-order valence-electron chi connectivity index (χ4n) is 1.31. The molecule has 74 valence electrons. The molecule has 4 heteroatoms. The summed E-state index contributed by atoms with van der Waals surface area (Å²) in [5, 5.41) is 0.425. The largest absolute Gasteiger partial charge is 0.465 e. The van der Waals surface area contributed by atoms with E-state index in [0.29, 0.717) is 16.5 Å². The van der Waals surface area contributed by atoms with Crippen molar-refractivity contribution in [3.05, 3.63) is 28.5 Å². The Bertz CT molecular complexity index is 374. The summed E-state index contributed by atoms with van der Waals surface area (Å²) in [5.41, 5.74) is 1.31. The summed E-state index contributed by atoms with van der Waals surface area (Å²) in [4.78, 5) is 15.4. The highest BCUT2D eigenvalue weighted by Crippen LogP contribution is 2.39. The number of ether oxygens (including phenoxy) is 1. The maximum Gasteiger partial charge on any atom is 0.340 e. The summed E-state index contributed by atoms with van der Waals surface area (Å²) in [5.74, 6) is 0.101. The van der Waals surface area contributed by atoms with Crippen molar-refractivity contribution >= 4 is 17.6 Å². The normalized spacial score (nSPS) is 15.3. The quantitative estimate of drug-likeness (QED) is 0.706. The van der Waals surface area contributed by atoms with Gasteiger partial charge in [0.2, 0.25) is 0 Å². The summed E-state index contributed by atoms with van der Waals surface area (Å²) in [6.45, 7) is 0. The molecule has 0 amide bonds. The van der Waals surface area contributed by atoms with Gasteiger partial charge in [-0.05, 0) is 18.9 Å². The summed E-state index contributed by atoms with van der Waals surface area (Å²) < 4.78 is 4.57. The molecule has 0 N–H and O–H groups in total. The molecule has 0 atom stereocenters. The molecule has 1 fully saturated rings. The van der Waals surface area contributed by atoms with Crippen molar-refractivity contribution < 1.29 is 9.53 Å². The molecule has 14 heavy (non-hydrogen) atoms. The number of hydrogen-bond acceptors (Lipinski definition) is 3. The Labute approximate surface area is 87.0 Å². The van der Waals surface area contributed by atoms with E-state index in [2.05, 4.69) is 9.72 Å². The van der Waals surface area contributed by atoms with E-state index in [0.717, 1.165) is 5.69 Å². The molecule has 1 aromatic rings. The summed E-state index contributed by atoms with van der Waals surface area (Å²) in [6, 6.07) is 1.76. The SMILES string of the molecule is COC(=O)c1cnc(C2CC2)cc1Cl. The highest BCUT2D eigenvalue weighted by molar-refractivity contribution is 6.33. The third-order valence-corrected chi connectivity index (χ3v) is 2.59. The number of rotatable bonds is 2. The highest BCUT2D eigenvalue weighted by Gasteiger charge is 2.26. The van der Waals surface area contributed by atoms with E-state index in [1.807, 2.05) is 0 Å². The van der Waals surface area contributed by atoms with Gasteiger partial charge in [-0.15, -0.1) is 0 Å². The van der Waals surface area contributed by atoms with Crippen LogP contribution in [0.15, 0.2) is 12.3 Å². The number of carbonyl (C=O) groups is 1. The lowest BCUT2D eigenvalue weighted by Gasteiger charge is -2.03. The third kappa shape index (κ3) is 1.73. The van der Waals surface area contributed by atoms with Crippen LogP contribution in [0.1, 0.15) is 34.8 Å². The van der Waals surface area contributed by atoms with Gasteiger partial charge >= 0.3 is 5.97 Å². The zero-order chi connectivity index (χ0) is 10.1. The van der Waals surface area contributed by atoms with Crippen LogP contribution in [0, 0.1) is 0 Å². The number of hydrogen-bond donors (Lipinski definition) is 0. The second kappa shape index (κ2) is 3.58. The first-order chi connectivity index (χ1) is 6.72. The number of methoxy groups -OCH3 is 1. The lowest BCUT2D eigenvalue weighted by Crippen LogP contribution is -2.03. The molecular formula is C10H10ClNO2. The Balaban J connectivity index is 2.30. The molecular weight excluding hydrogens is 202 g/mol. The predicted octanol–water partition coefficient (Wildman–Crippen LogP) is 2.40. The molecule has 0 saturated heterocycles. The molecule has 0 unspecified atom stereocenters. The topological polar surface area (TPSA) is 39.2 Å². The van der Waals surface area contributed by atoms with E-state index in [-0.39, 0.29) is 0 Å². The Morgan fingerprint density at radius 1 is 1.64 bits per heavy atom. The number of carbonyl (C=O) groups excluding carboxylic acids is 1. The van der Waals surface area contributed by atoms with Crippen molar-refractivity contribution in [2.45, 2.75) is 18.8 Å². The van der Waals surface area contributed by atoms with Crippen LogP contribution in [0.3, 0.4) is 0 Å². The van der Waals surface area contributed by atoms with Crippen molar-refractivity contribution in [1.82, 2.24) is 4.98 Å². The van der Waals surface area contributed by atoms with Crippen LogP contribution in [0.25, 0.3) is 0 Å². The van der Waals surface area contributed by atoms with E-state index in [4.69, 9.17) is 11.6 Å². The van der Waals surface area contributed by atoms with Crippen LogP contribution in [0.2, 0.25) is 5.02 Å². The van der Waals surface area contributed by atoms with Crippen LogP contribution in [-0.2, 0) is 4.74 Å². The summed E-state index contributed by atoms with van der Waals surface area (Å²) >= 11 is 5.93. The smallest absolute Gasteiger partial charge is 0.340 e. The van der Waals surface area contributed by atoms with Crippen molar-refractivity contribution in [1.29, 1.82) is 0 Å². The van der Waals surface area contributed by atoms with Gasteiger partial charge in [0.15, 0.2) is 0 Å². The minimum Gasteiger partial charge on any atom is -0.465 e. The van der Waals surface area contributed by atoms with Gasteiger partial charge in [0, 0.05) is 17.8 Å². The molecule has 0 spiro atoms. The van der Waals surface area contributed by atoms with Gasteiger partial charge in [-0.25, -0.2) is 4.79 Å². The Hall–Kier alpha value is -1.09. The van der Waals surface area contributed by atoms with Crippen molar-refractivity contribution in [3.63, 3.8) is 0 Å². The molecule has 0 bridgehead atoms. The van der Waals surface area contributed by atoms with Crippen LogP contribution >= 0.6 is 11.6 Å². The highest BCUT2D eigenvalue weighted by atomic mass is 35.5. The molecule has 1 saturated carbocycles. The number of esters is 1. The number of pyridine rings is 1. The van der Waals surface area contributed by atoms with Gasteiger partial charge in [0.1, 0.15) is 0 Å². The lowest BCUT2D eigenvalue weighted by molar-refractivity contribution is 0.0600. The molecule has 0 aromatic carbocycles. The fraction of sp³-hybridized carbons (Fsp3) is 0.400. The van der Waals surface area contributed by atoms with Crippen LogP contribution < -0.4 is 0 Å². The van der Waals surface area contributed by atoms with Gasteiger partial charge in [-0.2, -0.15) is 0 Å². The van der Waals surface area contributed by atoms with E-state index in [9.17, 15) is 4.79 Å². The maximum absolute atomic E-state index is 11.2. The Morgan fingerprint density at radius 3 is 2.86 bits per heavy atom. The van der Waals surface area contributed by atoms with Gasteiger partial charge in [0.05, 0.1) is 17.7 Å². The van der Waals surface area contributed by atoms with Gasteiger partial charge < -0.3 is 4.74 Å². The Morgan fingerprint density at radius 2 is 2.36 bits per heavy atom. The monoisotopic (exact) mass is 211 g/mol. The molecule has 1 aliphatic rings. The number of halogens is 1. The predicted molar refractivity (Wildman–Crippen MR) is 52.6 cm³/mol. The molecule has 1 aliphatic carbocycles. The fourth-order valence-corrected chi connectivity index (χ4v) is 1.55. The standard InChI is InChI=1S/C10H10ClNO2/c1-14-10(13)7-5-12-9(4-8(7)11)6-2-3-6/h4-6H,2-3H2,1H3. The van der Waals surface area contributed by atoms with Crippen LogP contribution in [0.4, 0.5) is 0 Å². The number of aromatic nitrogens is 1. The minimum absolute atomic E-state index is 0.332. The van der Waals surface area contributed by atoms with Gasteiger partial charge in [0.25, 0.3) is 0 Å². The van der Waals surface area contributed by atoms with Crippen molar-refractivity contribution in [2.75, 3.05) is 7.11 Å². The van der Waals surface area contributed by atoms with Gasteiger partial charge in [-0.1, -0.05) is 11.6 Å². The first-order valence-corrected chi connectivity index (χ1v) is 4.84. The minimum atomic E-state index is -0.440. The van der Waals surface area contributed by atoms with Crippen LogP contribution in [0.5, 0.6) is 0 Å². The molecule has 0 aliphatic heterocycles. The van der Waals surface area contributed by atoms with Crippen molar-refractivity contribution in [3.8, 4) is 0 Å². The zero-order valence-electron chi connectivity index (χ0n) is 7.79. The summed E-state index contributed by atoms with van der Waals surface area (Å²) in [6.07, 6.45) is 3.82. The Kier molecular flexibility index (Phi) is 2.42. The second-order valence-corrected chi connectivity index (χ2v) is 3.76. The first-order valence-electron chi connectivity index (χ1n) is 4.46. The molecule has 1 aromatic heterocycles. The molecule has 2 rings (SSSR count). The third-order valence-electron chi connectivity index (χ3n) is 2.28.